The minimum absolute atomic E-state index is 0.106. The van der Waals surface area contributed by atoms with Crippen molar-refractivity contribution in [3.8, 4) is 17.2 Å². The van der Waals surface area contributed by atoms with E-state index in [9.17, 15) is 9.90 Å². The topological polar surface area (TPSA) is 55.8 Å². The molecule has 0 bridgehead atoms. The van der Waals surface area contributed by atoms with Crippen molar-refractivity contribution in [2.75, 3.05) is 14.2 Å². The van der Waals surface area contributed by atoms with Gasteiger partial charge in [0.05, 0.1) is 19.8 Å². The van der Waals surface area contributed by atoms with E-state index >= 15 is 0 Å². The lowest BCUT2D eigenvalue weighted by Crippen LogP contribution is -2.05. The SMILES string of the molecule is COc1cc(O)c(C(=O)Cc2cccc(C)c2)cc1OC. The van der Waals surface area contributed by atoms with Crippen molar-refractivity contribution in [2.45, 2.75) is 13.3 Å². The van der Waals surface area contributed by atoms with Gasteiger partial charge in [0.15, 0.2) is 17.3 Å². The molecule has 21 heavy (non-hydrogen) atoms. The van der Waals surface area contributed by atoms with Gasteiger partial charge in [-0.3, -0.25) is 4.79 Å². The van der Waals surface area contributed by atoms with Crippen molar-refractivity contribution in [3.05, 3.63) is 53.1 Å². The maximum absolute atomic E-state index is 12.4. The second-order valence-corrected chi connectivity index (χ2v) is 4.81. The van der Waals surface area contributed by atoms with Crippen LogP contribution in [0.5, 0.6) is 17.2 Å². The fourth-order valence-electron chi connectivity index (χ4n) is 2.19. The molecule has 0 amide bonds. The van der Waals surface area contributed by atoms with Crippen molar-refractivity contribution < 1.29 is 19.4 Å². The largest absolute Gasteiger partial charge is 0.507 e. The van der Waals surface area contributed by atoms with Crippen molar-refractivity contribution in [1.29, 1.82) is 0 Å². The first kappa shape index (κ1) is 14.9. The standard InChI is InChI=1S/C17H18O4/c1-11-5-4-6-12(7-11)8-14(18)13-9-16(20-2)17(21-3)10-15(13)19/h4-7,9-10,19H,8H2,1-3H3. The second-order valence-electron chi connectivity index (χ2n) is 4.81. The van der Waals surface area contributed by atoms with Gasteiger partial charge in [0.2, 0.25) is 0 Å². The zero-order chi connectivity index (χ0) is 15.4. The molecule has 4 heteroatoms. The molecular formula is C17H18O4. The van der Waals surface area contributed by atoms with Crippen LogP contribution in [0.4, 0.5) is 0 Å². The molecule has 0 heterocycles. The van der Waals surface area contributed by atoms with Crippen LogP contribution >= 0.6 is 0 Å². The molecule has 2 rings (SSSR count). The average Bonchev–Trinajstić information content (AvgIpc) is 2.46. The summed E-state index contributed by atoms with van der Waals surface area (Å²) < 4.78 is 10.3. The van der Waals surface area contributed by atoms with Crippen LogP contribution in [0.2, 0.25) is 0 Å². The smallest absolute Gasteiger partial charge is 0.171 e. The van der Waals surface area contributed by atoms with Gasteiger partial charge in [-0.15, -0.1) is 0 Å². The summed E-state index contributed by atoms with van der Waals surface area (Å²) >= 11 is 0. The van der Waals surface area contributed by atoms with Crippen LogP contribution in [-0.4, -0.2) is 25.1 Å². The summed E-state index contributed by atoms with van der Waals surface area (Å²) in [6, 6.07) is 10.6. The summed E-state index contributed by atoms with van der Waals surface area (Å²) in [7, 11) is 2.97. The van der Waals surface area contributed by atoms with Gasteiger partial charge >= 0.3 is 0 Å². The molecular weight excluding hydrogens is 268 g/mol. The fourth-order valence-corrected chi connectivity index (χ4v) is 2.19. The Hall–Kier alpha value is -2.49. The number of aryl methyl sites for hydroxylation is 1. The predicted octanol–water partition coefficient (Wildman–Crippen LogP) is 3.14. The van der Waals surface area contributed by atoms with E-state index in [0.29, 0.717) is 11.5 Å². The number of benzene rings is 2. The first-order valence-corrected chi connectivity index (χ1v) is 6.59. The number of ketones is 1. The van der Waals surface area contributed by atoms with Gasteiger partial charge in [0, 0.05) is 12.5 Å². The third kappa shape index (κ3) is 3.34. The number of phenols is 1. The maximum Gasteiger partial charge on any atom is 0.171 e. The summed E-state index contributed by atoms with van der Waals surface area (Å²) in [6.45, 7) is 1.97. The van der Waals surface area contributed by atoms with E-state index in [0.717, 1.165) is 11.1 Å². The fraction of sp³-hybridized carbons (Fsp3) is 0.235. The minimum atomic E-state index is -0.168. The van der Waals surface area contributed by atoms with E-state index in [-0.39, 0.29) is 23.5 Å². The number of methoxy groups -OCH3 is 2. The summed E-state index contributed by atoms with van der Waals surface area (Å²) in [5, 5.41) is 9.99. The zero-order valence-electron chi connectivity index (χ0n) is 12.3. The molecule has 0 saturated carbocycles. The van der Waals surface area contributed by atoms with Crippen LogP contribution in [0.25, 0.3) is 0 Å². The number of hydrogen-bond donors (Lipinski definition) is 1. The van der Waals surface area contributed by atoms with Crippen molar-refractivity contribution >= 4 is 5.78 Å². The Kier molecular flexibility index (Phi) is 4.48. The molecule has 0 saturated heterocycles. The first-order valence-electron chi connectivity index (χ1n) is 6.59. The lowest BCUT2D eigenvalue weighted by atomic mass is 10.0. The Bertz CT molecular complexity index is 662. The molecule has 0 aliphatic carbocycles. The van der Waals surface area contributed by atoms with Gasteiger partial charge in [0.25, 0.3) is 0 Å². The highest BCUT2D eigenvalue weighted by atomic mass is 16.5. The number of carbonyl (C=O) groups is 1. The molecule has 0 atom stereocenters. The average molecular weight is 286 g/mol. The van der Waals surface area contributed by atoms with E-state index in [1.54, 1.807) is 0 Å². The Morgan fingerprint density at radius 2 is 1.76 bits per heavy atom. The van der Waals surface area contributed by atoms with E-state index < -0.39 is 0 Å². The molecule has 0 spiro atoms. The molecule has 0 aliphatic heterocycles. The van der Waals surface area contributed by atoms with Crippen molar-refractivity contribution in [2.24, 2.45) is 0 Å². The van der Waals surface area contributed by atoms with Crippen molar-refractivity contribution in [3.63, 3.8) is 0 Å². The molecule has 0 unspecified atom stereocenters. The van der Waals surface area contributed by atoms with E-state index in [4.69, 9.17) is 9.47 Å². The summed E-state index contributed by atoms with van der Waals surface area (Å²) in [4.78, 5) is 12.4. The Labute approximate surface area is 123 Å². The highest BCUT2D eigenvalue weighted by molar-refractivity contribution is 6.00. The number of hydrogen-bond acceptors (Lipinski definition) is 4. The van der Waals surface area contributed by atoms with Gasteiger partial charge in [-0.1, -0.05) is 29.8 Å². The molecule has 0 aliphatic rings. The van der Waals surface area contributed by atoms with Crippen LogP contribution in [0.1, 0.15) is 21.5 Å². The minimum Gasteiger partial charge on any atom is -0.507 e. The molecule has 4 nitrogen and oxygen atoms in total. The van der Waals surface area contributed by atoms with Gasteiger partial charge in [-0.25, -0.2) is 0 Å². The van der Waals surface area contributed by atoms with E-state index in [2.05, 4.69) is 0 Å². The summed E-state index contributed by atoms with van der Waals surface area (Å²) in [5.41, 5.74) is 2.24. The van der Waals surface area contributed by atoms with Crippen LogP contribution in [0.3, 0.4) is 0 Å². The van der Waals surface area contributed by atoms with Gasteiger partial charge < -0.3 is 14.6 Å². The molecule has 2 aromatic carbocycles. The number of aromatic hydroxyl groups is 1. The van der Waals surface area contributed by atoms with Gasteiger partial charge in [-0.2, -0.15) is 0 Å². The van der Waals surface area contributed by atoms with Crippen molar-refractivity contribution in [1.82, 2.24) is 0 Å². The monoisotopic (exact) mass is 286 g/mol. The van der Waals surface area contributed by atoms with Gasteiger partial charge in [-0.05, 0) is 18.6 Å². The van der Waals surface area contributed by atoms with Crippen LogP contribution in [0.15, 0.2) is 36.4 Å². The predicted molar refractivity (Wildman–Crippen MR) is 80.4 cm³/mol. The first-order chi connectivity index (χ1) is 10.0. The normalized spacial score (nSPS) is 10.2. The zero-order valence-corrected chi connectivity index (χ0v) is 12.3. The Morgan fingerprint density at radius 3 is 2.38 bits per heavy atom. The highest BCUT2D eigenvalue weighted by Crippen LogP contribution is 2.34. The number of ether oxygens (including phenoxy) is 2. The van der Waals surface area contributed by atoms with Gasteiger partial charge in [0.1, 0.15) is 5.75 Å². The molecule has 2 aromatic rings. The number of Topliss-reactive ketones (excluding diaryl/α,β-unsaturated/α-hetero) is 1. The van der Waals surface area contributed by atoms with Crippen LogP contribution < -0.4 is 9.47 Å². The lowest BCUT2D eigenvalue weighted by Gasteiger charge is -2.11. The molecule has 1 N–H and O–H groups in total. The molecule has 0 fully saturated rings. The molecule has 110 valence electrons. The number of carbonyl (C=O) groups excluding carboxylic acids is 1. The summed E-state index contributed by atoms with van der Waals surface area (Å²) in [6.07, 6.45) is 0.227. The molecule has 0 radical (unpaired) electrons. The maximum atomic E-state index is 12.4. The quantitative estimate of drug-likeness (QED) is 0.858. The van der Waals surface area contributed by atoms with Crippen LogP contribution in [-0.2, 0) is 6.42 Å². The number of rotatable bonds is 5. The van der Waals surface area contributed by atoms with E-state index in [1.165, 1.54) is 26.4 Å². The summed E-state index contributed by atoms with van der Waals surface area (Å²) in [5.74, 6) is 0.536. The highest BCUT2D eigenvalue weighted by Gasteiger charge is 2.16. The Morgan fingerprint density at radius 1 is 1.10 bits per heavy atom. The molecule has 0 aromatic heterocycles. The van der Waals surface area contributed by atoms with E-state index in [1.807, 2.05) is 31.2 Å². The third-order valence-electron chi connectivity index (χ3n) is 3.25. The third-order valence-corrected chi connectivity index (χ3v) is 3.25. The second kappa shape index (κ2) is 6.31. The Balaban J connectivity index is 2.31. The lowest BCUT2D eigenvalue weighted by molar-refractivity contribution is 0.0990. The van der Waals surface area contributed by atoms with Crippen LogP contribution in [0, 0.1) is 6.92 Å². The number of phenolic OH excluding ortho intramolecular Hbond substituents is 1.